The molecule has 21 heteroatoms. The van der Waals surface area contributed by atoms with E-state index in [9.17, 15) is 32.7 Å². The van der Waals surface area contributed by atoms with Gasteiger partial charge in [-0.1, -0.05) is 17.7 Å². The monoisotopic (exact) mass is 791 g/mol. The minimum Gasteiger partial charge on any atom is -0.542 e. The number of imidazole rings is 1. The Kier molecular flexibility index (Phi) is 13.4. The van der Waals surface area contributed by atoms with E-state index in [1.807, 2.05) is 65.4 Å². The number of anilines is 3. The molecule has 1 saturated heterocycles. The third-order valence-electron chi connectivity index (χ3n) is 8.51. The largest absolute Gasteiger partial charge is 0.542 e. The fraction of sp³-hybridized carbons (Fsp3) is 0.412. The van der Waals surface area contributed by atoms with E-state index in [-0.39, 0.29) is 53.8 Å². The Bertz CT molecular complexity index is 2050. The zero-order valence-corrected chi connectivity index (χ0v) is 31.2. The van der Waals surface area contributed by atoms with E-state index in [2.05, 4.69) is 20.3 Å². The molecule has 4 aromatic rings. The van der Waals surface area contributed by atoms with Crippen molar-refractivity contribution >= 4 is 63.6 Å². The first-order chi connectivity index (χ1) is 25.8. The molecule has 1 atom stereocenters. The van der Waals surface area contributed by atoms with Gasteiger partial charge in [0.25, 0.3) is 17.6 Å². The lowest BCUT2D eigenvalue weighted by Gasteiger charge is -2.35. The molecule has 1 aliphatic rings. The normalized spacial score (nSPS) is 13.5. The van der Waals surface area contributed by atoms with Gasteiger partial charge in [-0.2, -0.15) is 13.2 Å². The number of aromatic nitrogens is 5. The molecule has 3 amide bonds. The van der Waals surface area contributed by atoms with Gasteiger partial charge in [0.1, 0.15) is 19.1 Å². The predicted molar refractivity (Wildman–Crippen MR) is 192 cm³/mol. The number of piperazine rings is 1. The minimum atomic E-state index is -5.19. The van der Waals surface area contributed by atoms with Crippen molar-refractivity contribution in [1.29, 1.82) is 0 Å². The topological polar surface area (TPSA) is 233 Å². The molecule has 17 nitrogen and oxygen atoms in total. The number of nitrogens with zero attached hydrogens (tertiary/aromatic N) is 8. The number of carbonyl (C=O) groups excluding carboxylic acids is 4. The third-order valence-corrected chi connectivity index (χ3v) is 8.79. The Labute approximate surface area is 318 Å². The number of carboxylic acids is 1. The number of aliphatic hydroxyl groups is 1. The maximum atomic E-state index is 14.1. The van der Waals surface area contributed by atoms with Crippen LogP contribution in [0.5, 0.6) is 0 Å². The highest BCUT2D eigenvalue weighted by molar-refractivity contribution is 6.31. The fourth-order valence-electron chi connectivity index (χ4n) is 5.93. The van der Waals surface area contributed by atoms with Gasteiger partial charge in [0, 0.05) is 64.3 Å². The van der Waals surface area contributed by atoms with Crippen molar-refractivity contribution in [2.45, 2.75) is 52.2 Å². The summed E-state index contributed by atoms with van der Waals surface area (Å²) in [6.07, 6.45) is -4.02. The number of fused-ring (bicyclic) bond motifs is 1. The van der Waals surface area contributed by atoms with Crippen molar-refractivity contribution in [2.75, 3.05) is 56.6 Å². The number of rotatable bonds is 10. The van der Waals surface area contributed by atoms with Crippen LogP contribution in [-0.2, 0) is 35.6 Å². The van der Waals surface area contributed by atoms with Gasteiger partial charge >= 0.3 is 6.18 Å². The van der Waals surface area contributed by atoms with Crippen molar-refractivity contribution in [3.8, 4) is 0 Å². The summed E-state index contributed by atoms with van der Waals surface area (Å²) in [5.41, 5.74) is 14.9. The van der Waals surface area contributed by atoms with Gasteiger partial charge < -0.3 is 46.5 Å². The molecule has 3 aromatic heterocycles. The van der Waals surface area contributed by atoms with E-state index in [4.69, 9.17) is 33.0 Å². The number of aryl methyl sites for hydroxylation is 1. The first-order valence-corrected chi connectivity index (χ1v) is 17.3. The Morgan fingerprint density at radius 3 is 2.25 bits per heavy atom. The zero-order chi connectivity index (χ0) is 40.8. The third kappa shape index (κ3) is 10.1. The lowest BCUT2D eigenvalue weighted by molar-refractivity contribution is -0.686. The maximum Gasteiger partial charge on any atom is 0.430 e. The summed E-state index contributed by atoms with van der Waals surface area (Å²) in [6.45, 7) is 6.08. The van der Waals surface area contributed by atoms with Gasteiger partial charge in [0.05, 0.1) is 30.3 Å². The number of nitrogen functional groups attached to an aromatic ring is 2. The van der Waals surface area contributed by atoms with Crippen molar-refractivity contribution in [1.82, 2.24) is 34.6 Å². The van der Waals surface area contributed by atoms with Crippen LogP contribution in [0.2, 0.25) is 5.15 Å². The summed E-state index contributed by atoms with van der Waals surface area (Å²) in [6, 6.07) is 9.29. The van der Waals surface area contributed by atoms with Gasteiger partial charge in [-0.05, 0) is 26.0 Å². The second-order valence-corrected chi connectivity index (χ2v) is 13.0. The summed E-state index contributed by atoms with van der Waals surface area (Å²) in [5.74, 6) is -3.32. The highest BCUT2D eigenvalue weighted by Gasteiger charge is 2.32. The molecule has 0 spiro atoms. The molecule has 4 heterocycles. The van der Waals surface area contributed by atoms with Crippen LogP contribution < -0.4 is 31.4 Å². The summed E-state index contributed by atoms with van der Waals surface area (Å²) in [4.78, 5) is 66.5. The first-order valence-electron chi connectivity index (χ1n) is 16.9. The van der Waals surface area contributed by atoms with E-state index in [0.717, 1.165) is 11.0 Å². The second kappa shape index (κ2) is 17.6. The van der Waals surface area contributed by atoms with Gasteiger partial charge in [-0.3, -0.25) is 19.4 Å². The summed E-state index contributed by atoms with van der Waals surface area (Å²) < 4.78 is 35.5. The molecule has 296 valence electrons. The smallest absolute Gasteiger partial charge is 0.430 e. The minimum absolute atomic E-state index is 0.0199. The van der Waals surface area contributed by atoms with E-state index in [1.165, 1.54) is 0 Å². The number of hydrogen-bond acceptors (Lipinski definition) is 12. The van der Waals surface area contributed by atoms with Crippen LogP contribution in [0.1, 0.15) is 46.2 Å². The number of aliphatic carboxylic acids is 1. The SMILES string of the molecule is CCn1c(CNC(=O)c2nc(Cl)c(N)nc2N)[n+](C[C@H](C)O)c2cc(N(C)C)c(C(=O)N3CCN(C(=O)Cc4ccccn4)CC3)cc21.O=C([O-])C(F)(F)F. The molecule has 0 radical (unpaired) electrons. The predicted octanol–water partition coefficient (Wildman–Crippen LogP) is 0.154. The molecule has 6 N–H and O–H groups in total. The number of benzene rings is 1. The van der Waals surface area contributed by atoms with Crippen molar-refractivity contribution in [3.05, 3.63) is 64.5 Å². The quantitative estimate of drug-likeness (QED) is 0.157. The molecular weight excluding hydrogens is 751 g/mol. The number of carboxylic acid groups (broad SMARTS) is 1. The maximum absolute atomic E-state index is 14.1. The summed E-state index contributed by atoms with van der Waals surface area (Å²) >= 11 is 5.99. The fourth-order valence-corrected chi connectivity index (χ4v) is 6.05. The molecule has 1 aliphatic heterocycles. The number of nitrogens with two attached hydrogens (primary N) is 2. The van der Waals surface area contributed by atoms with Crippen molar-refractivity contribution in [2.24, 2.45) is 0 Å². The Morgan fingerprint density at radius 1 is 1.07 bits per heavy atom. The van der Waals surface area contributed by atoms with Crippen molar-refractivity contribution < 1.29 is 47.1 Å². The lowest BCUT2D eigenvalue weighted by Crippen LogP contribution is -2.51. The number of halogens is 4. The van der Waals surface area contributed by atoms with Gasteiger partial charge in [-0.15, -0.1) is 0 Å². The van der Waals surface area contributed by atoms with E-state index in [0.29, 0.717) is 55.5 Å². The average Bonchev–Trinajstić information content (AvgIpc) is 3.41. The van der Waals surface area contributed by atoms with Crippen LogP contribution in [0.15, 0.2) is 36.5 Å². The Balaban J connectivity index is 0.000000876. The number of carbonyl (C=O) groups is 4. The van der Waals surface area contributed by atoms with E-state index in [1.54, 1.807) is 22.9 Å². The van der Waals surface area contributed by atoms with Gasteiger partial charge in [0.2, 0.25) is 5.91 Å². The molecule has 1 fully saturated rings. The molecule has 5 rings (SSSR count). The van der Waals surface area contributed by atoms with E-state index < -0.39 is 24.2 Å². The molecule has 0 bridgehead atoms. The standard InChI is InChI=1S/C32H40ClN11O4.C2HF3O2/c1-5-43-23-15-21(32(48)42-12-10-41(11-13-42)26(46)14-20-8-6-7-9-36-20)22(40(3)4)16-24(23)44(18-19(2)45)25(43)17-37-31(47)27-29(34)39-30(35)28(33)38-27;3-2(4,5)1(6)7/h6-9,15-16,19,45H,5,10-14,17-18H2,1-4H3,(H4-,34,35,37,39,47);(H,6,7)/t19-;/m0./s1. The Hall–Kier alpha value is -5.76. The number of aliphatic hydroxyl groups excluding tert-OH is 1. The lowest BCUT2D eigenvalue weighted by atomic mass is 10.1. The molecule has 1 aromatic carbocycles. The second-order valence-electron chi connectivity index (χ2n) is 12.6. The van der Waals surface area contributed by atoms with Gasteiger partial charge in [-0.25, -0.2) is 19.1 Å². The first kappa shape index (κ1) is 42.0. The number of nitrogens with one attached hydrogen (secondary N) is 1. The molecular formula is C34H41ClF3N11O6. The molecule has 0 aliphatic carbocycles. The number of hydrogen-bond donors (Lipinski definition) is 4. The molecule has 0 unspecified atom stereocenters. The van der Waals surface area contributed by atoms with Crippen molar-refractivity contribution in [3.63, 3.8) is 0 Å². The Morgan fingerprint density at radius 2 is 1.71 bits per heavy atom. The van der Waals surface area contributed by atoms with Gasteiger partial charge in [0.15, 0.2) is 33.5 Å². The highest BCUT2D eigenvalue weighted by atomic mass is 35.5. The van der Waals surface area contributed by atoms with Crippen LogP contribution in [0.25, 0.3) is 11.0 Å². The molecule has 55 heavy (non-hydrogen) atoms. The van der Waals surface area contributed by atoms with Crippen LogP contribution >= 0.6 is 11.6 Å². The number of alkyl halides is 3. The van der Waals surface area contributed by atoms with Crippen LogP contribution in [0.4, 0.5) is 30.5 Å². The summed E-state index contributed by atoms with van der Waals surface area (Å²) in [5, 5.41) is 22.0. The highest BCUT2D eigenvalue weighted by Crippen LogP contribution is 2.28. The molecule has 0 saturated carbocycles. The zero-order valence-electron chi connectivity index (χ0n) is 30.4. The van der Waals surface area contributed by atoms with Crippen LogP contribution in [-0.4, -0.2) is 111 Å². The van der Waals surface area contributed by atoms with Crippen LogP contribution in [0, 0.1) is 0 Å². The van der Waals surface area contributed by atoms with E-state index >= 15 is 0 Å². The number of pyridine rings is 1. The summed E-state index contributed by atoms with van der Waals surface area (Å²) in [7, 11) is 3.73. The number of amides is 3. The van der Waals surface area contributed by atoms with Crippen LogP contribution in [0.3, 0.4) is 0 Å². The average molecular weight is 792 g/mol.